The molecule has 3 atom stereocenters. The molecule has 1 aliphatic carbocycles. The second-order valence-electron chi connectivity index (χ2n) is 5.34. The molecule has 1 amide bonds. The smallest absolute Gasteiger partial charge is 0.258 e. The molecule has 7 heteroatoms. The quantitative estimate of drug-likeness (QED) is 0.588. The molecule has 1 heterocycles. The summed E-state index contributed by atoms with van der Waals surface area (Å²) in [7, 11) is 0. The van der Waals surface area contributed by atoms with Crippen LogP contribution in [0.25, 0.3) is 0 Å². The summed E-state index contributed by atoms with van der Waals surface area (Å²) in [4.78, 5) is 12.2. The van der Waals surface area contributed by atoms with E-state index in [-0.39, 0.29) is 11.9 Å². The second kappa shape index (κ2) is 6.32. The molecule has 0 aromatic heterocycles. The van der Waals surface area contributed by atoms with Gasteiger partial charge in [-0.1, -0.05) is 35.7 Å². The Hall–Kier alpha value is -1.14. The van der Waals surface area contributed by atoms with Gasteiger partial charge < -0.3 is 0 Å². The molecule has 2 fully saturated rings. The van der Waals surface area contributed by atoms with Crippen LogP contribution in [0.1, 0.15) is 24.8 Å². The predicted octanol–water partition coefficient (Wildman–Crippen LogP) is 2.09. The van der Waals surface area contributed by atoms with Crippen molar-refractivity contribution in [1.29, 1.82) is 0 Å². The highest BCUT2D eigenvalue weighted by Gasteiger charge is 2.42. The Morgan fingerprint density at radius 1 is 1.29 bits per heavy atom. The van der Waals surface area contributed by atoms with Crippen LogP contribution in [0.3, 0.4) is 0 Å². The number of rotatable bonds is 3. The van der Waals surface area contributed by atoms with E-state index in [0.717, 1.165) is 19.3 Å². The number of fused-ring (bicyclic) bond motifs is 1. The highest BCUT2D eigenvalue weighted by atomic mass is 35.5. The van der Waals surface area contributed by atoms with Gasteiger partial charge in [-0.25, -0.2) is 10.9 Å². The maximum absolute atomic E-state index is 12.2. The Morgan fingerprint density at radius 3 is 2.81 bits per heavy atom. The molecule has 21 heavy (non-hydrogen) atoms. The van der Waals surface area contributed by atoms with Crippen LogP contribution < -0.4 is 16.3 Å². The number of hydrogen-bond acceptors (Lipinski definition) is 4. The molecule has 3 rings (SSSR count). The van der Waals surface area contributed by atoms with Gasteiger partial charge in [0.15, 0.2) is 0 Å². The third kappa shape index (κ3) is 3.06. The van der Waals surface area contributed by atoms with Crippen molar-refractivity contribution < 1.29 is 4.79 Å². The van der Waals surface area contributed by atoms with Crippen molar-refractivity contribution in [2.24, 2.45) is 11.0 Å². The van der Waals surface area contributed by atoms with Gasteiger partial charge in [0.25, 0.3) is 5.91 Å². The van der Waals surface area contributed by atoms with Crippen molar-refractivity contribution >= 4 is 35.3 Å². The Bertz CT molecular complexity index is 558. The number of nitrogens with one attached hydrogen (secondary N) is 3. The third-order valence-corrected chi connectivity index (χ3v) is 4.73. The molecule has 0 spiro atoms. The summed E-state index contributed by atoms with van der Waals surface area (Å²) in [6.45, 7) is 0. The molecule has 1 saturated heterocycles. The molecular formula is C14H16Cl2N4O. The predicted molar refractivity (Wildman–Crippen MR) is 83.4 cm³/mol. The lowest BCUT2D eigenvalue weighted by Gasteiger charge is -2.14. The fourth-order valence-electron chi connectivity index (χ4n) is 2.99. The second-order valence-corrected chi connectivity index (χ2v) is 6.15. The highest BCUT2D eigenvalue weighted by molar-refractivity contribution is 6.38. The van der Waals surface area contributed by atoms with Crippen LogP contribution in [0.2, 0.25) is 10.0 Å². The van der Waals surface area contributed by atoms with Crippen LogP contribution in [0.5, 0.6) is 0 Å². The van der Waals surface area contributed by atoms with E-state index in [0.29, 0.717) is 27.6 Å². The zero-order valence-corrected chi connectivity index (χ0v) is 12.8. The SMILES string of the molecule is O=C(N/N=C/c1c(Cl)cccc1Cl)C1NNC2CCCC21. The molecule has 112 valence electrons. The molecule has 1 aromatic rings. The maximum atomic E-state index is 12.2. The van der Waals surface area contributed by atoms with Gasteiger partial charge >= 0.3 is 0 Å². The molecular weight excluding hydrogens is 311 g/mol. The Labute approximate surface area is 133 Å². The number of hydrazine groups is 1. The summed E-state index contributed by atoms with van der Waals surface area (Å²) in [6.07, 6.45) is 4.80. The summed E-state index contributed by atoms with van der Waals surface area (Å²) in [5.74, 6) is 0.195. The van der Waals surface area contributed by atoms with E-state index in [1.807, 2.05) is 0 Å². The lowest BCUT2D eigenvalue weighted by atomic mass is 9.97. The molecule has 0 bridgehead atoms. The number of halogens is 2. The van der Waals surface area contributed by atoms with E-state index in [4.69, 9.17) is 23.2 Å². The number of carbonyl (C=O) groups is 1. The van der Waals surface area contributed by atoms with Crippen molar-refractivity contribution in [3.8, 4) is 0 Å². The van der Waals surface area contributed by atoms with E-state index in [1.165, 1.54) is 6.21 Å². The van der Waals surface area contributed by atoms with Gasteiger partial charge in [0.1, 0.15) is 6.04 Å². The number of carbonyl (C=O) groups excluding carboxylic acids is 1. The standard InChI is InChI=1S/C14H16Cl2N4O/c15-10-4-2-5-11(16)9(10)7-17-20-14(21)13-8-3-1-6-12(8)18-19-13/h2,4-5,7-8,12-13,18-19H,1,3,6H2,(H,20,21)/b17-7+. The monoisotopic (exact) mass is 326 g/mol. The Morgan fingerprint density at radius 2 is 2.05 bits per heavy atom. The van der Waals surface area contributed by atoms with Crippen molar-refractivity contribution in [3.05, 3.63) is 33.8 Å². The first kappa shape index (κ1) is 14.8. The normalized spacial score (nSPS) is 28.0. The summed E-state index contributed by atoms with van der Waals surface area (Å²) < 4.78 is 0. The van der Waals surface area contributed by atoms with Crippen LogP contribution in [0, 0.1) is 5.92 Å². The van der Waals surface area contributed by atoms with Gasteiger partial charge in [-0.05, 0) is 25.0 Å². The Kier molecular flexibility index (Phi) is 4.45. The summed E-state index contributed by atoms with van der Waals surface area (Å²) in [5.41, 5.74) is 9.36. The van der Waals surface area contributed by atoms with Crippen LogP contribution >= 0.6 is 23.2 Å². The molecule has 1 aromatic carbocycles. The van der Waals surface area contributed by atoms with E-state index in [9.17, 15) is 4.79 Å². The maximum Gasteiger partial charge on any atom is 0.258 e. The van der Waals surface area contributed by atoms with Crippen molar-refractivity contribution in [1.82, 2.24) is 16.3 Å². The molecule has 3 unspecified atom stereocenters. The molecule has 3 N–H and O–H groups in total. The topological polar surface area (TPSA) is 65.5 Å². The molecule has 5 nitrogen and oxygen atoms in total. The van der Waals surface area contributed by atoms with E-state index >= 15 is 0 Å². The van der Waals surface area contributed by atoms with E-state index in [1.54, 1.807) is 18.2 Å². The average Bonchev–Trinajstić information content (AvgIpc) is 3.04. The number of amides is 1. The minimum atomic E-state index is -0.239. The first-order valence-electron chi connectivity index (χ1n) is 6.95. The number of hydrazone groups is 1. The zero-order chi connectivity index (χ0) is 14.8. The van der Waals surface area contributed by atoms with Crippen LogP contribution in [0.15, 0.2) is 23.3 Å². The van der Waals surface area contributed by atoms with Crippen LogP contribution in [0.4, 0.5) is 0 Å². The first-order valence-corrected chi connectivity index (χ1v) is 7.70. The molecule has 2 aliphatic rings. The van der Waals surface area contributed by atoms with Gasteiger partial charge in [-0.15, -0.1) is 0 Å². The minimum absolute atomic E-state index is 0.142. The first-order chi connectivity index (χ1) is 10.2. The fourth-order valence-corrected chi connectivity index (χ4v) is 3.49. The van der Waals surface area contributed by atoms with Crippen LogP contribution in [-0.4, -0.2) is 24.2 Å². The average molecular weight is 327 g/mol. The summed E-state index contributed by atoms with van der Waals surface area (Å²) >= 11 is 12.1. The lowest BCUT2D eigenvalue weighted by Crippen LogP contribution is -2.44. The number of hydrogen-bond donors (Lipinski definition) is 3. The van der Waals surface area contributed by atoms with Crippen LogP contribution in [-0.2, 0) is 4.79 Å². The third-order valence-electron chi connectivity index (χ3n) is 4.07. The van der Waals surface area contributed by atoms with E-state index < -0.39 is 0 Å². The summed E-state index contributed by atoms with van der Waals surface area (Å²) in [5, 5.41) is 4.96. The number of nitrogens with zero attached hydrogens (tertiary/aromatic N) is 1. The summed E-state index contributed by atoms with van der Waals surface area (Å²) in [6, 6.07) is 5.36. The zero-order valence-electron chi connectivity index (χ0n) is 11.3. The van der Waals surface area contributed by atoms with Gasteiger partial charge in [0, 0.05) is 17.5 Å². The van der Waals surface area contributed by atoms with Crippen molar-refractivity contribution in [2.75, 3.05) is 0 Å². The van der Waals surface area contributed by atoms with Gasteiger partial charge in [0.2, 0.25) is 0 Å². The highest BCUT2D eigenvalue weighted by Crippen LogP contribution is 2.31. The van der Waals surface area contributed by atoms with Crippen molar-refractivity contribution in [3.63, 3.8) is 0 Å². The lowest BCUT2D eigenvalue weighted by molar-refractivity contribution is -0.123. The number of benzene rings is 1. The van der Waals surface area contributed by atoms with E-state index in [2.05, 4.69) is 21.4 Å². The Balaban J connectivity index is 1.62. The largest absolute Gasteiger partial charge is 0.271 e. The molecule has 0 radical (unpaired) electrons. The minimum Gasteiger partial charge on any atom is -0.271 e. The molecule has 1 saturated carbocycles. The van der Waals surface area contributed by atoms with Gasteiger partial charge in [-0.2, -0.15) is 5.10 Å². The van der Waals surface area contributed by atoms with Gasteiger partial charge in [0.05, 0.1) is 16.3 Å². The fraction of sp³-hybridized carbons (Fsp3) is 0.429. The van der Waals surface area contributed by atoms with Gasteiger partial charge in [-0.3, -0.25) is 10.2 Å². The van der Waals surface area contributed by atoms with Crippen molar-refractivity contribution in [2.45, 2.75) is 31.3 Å². The molecule has 1 aliphatic heterocycles.